The minimum atomic E-state index is -5.12. The minimum absolute atomic E-state index is 0. The van der Waals surface area contributed by atoms with E-state index in [0.29, 0.717) is 12.5 Å². The van der Waals surface area contributed by atoms with Crippen LogP contribution in [0.5, 0.6) is 0 Å². The maximum absolute atomic E-state index is 11.4. The molecule has 0 fully saturated rings. The number of halogens is 2. The molecule has 0 amide bonds. The molecule has 0 unspecified atom stereocenters. The van der Waals surface area contributed by atoms with E-state index in [4.69, 9.17) is 0 Å². The third kappa shape index (κ3) is 50.4. The molecule has 12 nitrogen and oxygen atoms in total. The minimum Gasteiger partial charge on any atom is -0.870 e. The maximum atomic E-state index is 11.4. The largest absolute Gasteiger partial charge is 1.00 e. The van der Waals surface area contributed by atoms with Gasteiger partial charge in [0.2, 0.25) is 20.0 Å². The van der Waals surface area contributed by atoms with E-state index in [2.05, 4.69) is 25.7 Å². The summed E-state index contributed by atoms with van der Waals surface area (Å²) in [6.07, 6.45) is 1.06. The number of hydrogen-bond acceptors (Lipinski definition) is 10. The average Bonchev–Trinajstić information content (AvgIpc) is 2.22. The standard InChI is InChI=1S/C6H15N.2CH4FNO4S2.2Li.H2O/c1-4-7(5-2)6-3;2*1-8(4,5)3-9(2,6)7;;;/h4-6H2,1-3H3;2*3H,1H3;;;1H2/q;;;2*+1;. The molecular formula is C8H25F2Li2N3O9S4+2. The summed E-state index contributed by atoms with van der Waals surface area (Å²) in [4.78, 5) is 2.38. The topological polar surface area (TPSA) is 194 Å². The monoisotopic (exact) mass is 487 g/mol. The van der Waals surface area contributed by atoms with Crippen molar-refractivity contribution in [3.63, 3.8) is 0 Å². The van der Waals surface area contributed by atoms with Crippen LogP contribution >= 0.6 is 0 Å². The van der Waals surface area contributed by atoms with Crippen molar-refractivity contribution >= 4 is 40.9 Å². The van der Waals surface area contributed by atoms with E-state index in [1.54, 1.807) is 0 Å². The first-order chi connectivity index (χ1) is 10.8. The van der Waals surface area contributed by atoms with Crippen LogP contribution in [0, 0.1) is 0 Å². The zero-order valence-corrected chi connectivity index (χ0v) is 19.9. The fourth-order valence-corrected chi connectivity index (χ4v) is 3.93. The second-order valence-corrected chi connectivity index (χ2v) is 10.4. The number of sulfonamides is 2. The molecule has 28 heavy (non-hydrogen) atoms. The average molecular weight is 487 g/mol. The summed E-state index contributed by atoms with van der Waals surface area (Å²) in [6.45, 7) is 10.1. The van der Waals surface area contributed by atoms with Gasteiger partial charge in [0, 0.05) is 0 Å². The van der Waals surface area contributed by atoms with Crippen LogP contribution in [0.25, 0.3) is 0 Å². The zero-order chi connectivity index (χ0) is 21.1. The summed E-state index contributed by atoms with van der Waals surface area (Å²) in [6, 6.07) is 0. The molecule has 0 rings (SSSR count). The van der Waals surface area contributed by atoms with Crippen molar-refractivity contribution in [1.29, 1.82) is 0 Å². The van der Waals surface area contributed by atoms with Gasteiger partial charge < -0.3 is 10.4 Å². The van der Waals surface area contributed by atoms with Crippen molar-refractivity contribution in [2.45, 2.75) is 20.8 Å². The van der Waals surface area contributed by atoms with E-state index in [9.17, 15) is 41.4 Å². The summed E-state index contributed by atoms with van der Waals surface area (Å²) in [5.74, 6) is 0. The number of nitrogens with one attached hydrogen (secondary N) is 2. The molecular weight excluding hydrogens is 462 g/mol. The molecule has 0 aromatic carbocycles. The van der Waals surface area contributed by atoms with Gasteiger partial charge in [-0.2, -0.15) is 16.8 Å². The van der Waals surface area contributed by atoms with Crippen molar-refractivity contribution in [3.05, 3.63) is 0 Å². The van der Waals surface area contributed by atoms with Gasteiger partial charge in [-0.1, -0.05) is 36.8 Å². The molecule has 0 saturated carbocycles. The van der Waals surface area contributed by atoms with Gasteiger partial charge in [0.15, 0.2) is 0 Å². The van der Waals surface area contributed by atoms with Gasteiger partial charge >= 0.3 is 60.0 Å². The van der Waals surface area contributed by atoms with Crippen LogP contribution in [-0.2, 0) is 40.9 Å². The Bertz CT molecular complexity index is 664. The van der Waals surface area contributed by atoms with Crippen LogP contribution in [0.15, 0.2) is 0 Å². The van der Waals surface area contributed by atoms with Crippen LogP contribution in [0.1, 0.15) is 22.2 Å². The van der Waals surface area contributed by atoms with E-state index in [1.165, 1.54) is 19.6 Å². The quantitative estimate of drug-likeness (QED) is 0.257. The first kappa shape index (κ1) is 42.7. The van der Waals surface area contributed by atoms with Crippen molar-refractivity contribution in [3.8, 4) is 0 Å². The Labute approximate surface area is 192 Å². The van der Waals surface area contributed by atoms with E-state index in [-0.39, 0.29) is 44.6 Å². The second-order valence-electron chi connectivity index (χ2n) is 4.21. The van der Waals surface area contributed by atoms with Crippen LogP contribution in [-0.4, -0.2) is 76.2 Å². The smallest absolute Gasteiger partial charge is 0.870 e. The molecule has 0 aliphatic rings. The Hall–Kier alpha value is 0.695. The molecule has 3 N–H and O–H groups in total. The van der Waals surface area contributed by atoms with Crippen molar-refractivity contribution in [2.24, 2.45) is 0 Å². The summed E-state index contributed by atoms with van der Waals surface area (Å²) in [5, 5.41) is 0. The van der Waals surface area contributed by atoms with Crippen molar-refractivity contribution < 1.29 is 86.1 Å². The molecule has 0 aliphatic heterocycles. The van der Waals surface area contributed by atoms with Gasteiger partial charge in [-0.3, -0.25) is 0 Å². The van der Waals surface area contributed by atoms with Crippen LogP contribution in [0.3, 0.4) is 0 Å². The molecule has 0 heterocycles. The summed E-state index contributed by atoms with van der Waals surface area (Å²) >= 11 is 0. The van der Waals surface area contributed by atoms with Gasteiger partial charge in [0.05, 0.1) is 12.5 Å². The molecule has 0 spiro atoms. The van der Waals surface area contributed by atoms with Crippen molar-refractivity contribution in [2.75, 3.05) is 32.1 Å². The number of rotatable bonds is 7. The Morgan fingerprint density at radius 1 is 0.679 bits per heavy atom. The number of nitrogens with zero attached hydrogens (tertiary/aromatic N) is 1. The van der Waals surface area contributed by atoms with E-state index >= 15 is 0 Å². The SMILES string of the molecule is CCN(CC)CC.CS(=O)(=O)NS(=O)(=O)F.CS(=O)(=O)NS(=O)(=O)F.[H+].[Li+].[Li+].[OH-]. The van der Waals surface area contributed by atoms with E-state index in [1.807, 2.05) is 0 Å². The Morgan fingerprint density at radius 3 is 0.857 bits per heavy atom. The summed E-state index contributed by atoms with van der Waals surface area (Å²) in [7, 11) is -18.2. The van der Waals surface area contributed by atoms with Crippen LogP contribution in [0.4, 0.5) is 7.77 Å². The van der Waals surface area contributed by atoms with Crippen LogP contribution < -0.4 is 46.0 Å². The van der Waals surface area contributed by atoms with Gasteiger partial charge in [0.25, 0.3) is 0 Å². The van der Waals surface area contributed by atoms with Gasteiger partial charge in [0.1, 0.15) is 0 Å². The fraction of sp³-hybridized carbons (Fsp3) is 1.00. The first-order valence-corrected chi connectivity index (χ1v) is 12.9. The zero-order valence-electron chi connectivity index (χ0n) is 17.7. The van der Waals surface area contributed by atoms with E-state index in [0.717, 1.165) is 8.25 Å². The first-order valence-electron chi connectivity index (χ1n) is 6.34. The molecule has 0 atom stereocenters. The Kier molecular flexibility index (Phi) is 28.2. The fourth-order valence-electron chi connectivity index (χ4n) is 1.03. The second kappa shape index (κ2) is 18.5. The Morgan fingerprint density at radius 2 is 0.857 bits per heavy atom. The molecule has 0 bridgehead atoms. The van der Waals surface area contributed by atoms with Crippen molar-refractivity contribution in [1.82, 2.24) is 13.2 Å². The van der Waals surface area contributed by atoms with Gasteiger partial charge in [-0.05, 0) is 19.6 Å². The normalized spacial score (nSPS) is 11.3. The molecule has 0 radical (unpaired) electrons. The predicted octanol–water partition coefficient (Wildman–Crippen LogP) is -7.21. The summed E-state index contributed by atoms with van der Waals surface area (Å²) in [5.41, 5.74) is 0. The maximum Gasteiger partial charge on any atom is 1.00 e. The Balaban J connectivity index is -0.0000000472. The molecule has 20 heteroatoms. The van der Waals surface area contributed by atoms with Gasteiger partial charge in [-0.15, -0.1) is 0 Å². The van der Waals surface area contributed by atoms with Gasteiger partial charge in [-0.25, -0.2) is 16.8 Å². The van der Waals surface area contributed by atoms with E-state index < -0.39 is 40.9 Å². The number of hydrogen-bond donors (Lipinski definition) is 2. The molecule has 0 aliphatic carbocycles. The molecule has 0 saturated heterocycles. The van der Waals surface area contributed by atoms with Crippen LogP contribution in [0.2, 0.25) is 0 Å². The molecule has 164 valence electrons. The predicted molar refractivity (Wildman–Crippen MR) is 92.5 cm³/mol. The molecule has 0 aromatic heterocycles. The third-order valence-corrected chi connectivity index (χ3v) is 5.86. The summed E-state index contributed by atoms with van der Waals surface area (Å²) < 4.78 is 102. The molecule has 0 aromatic rings. The third-order valence-electron chi connectivity index (χ3n) is 1.84.